The summed E-state index contributed by atoms with van der Waals surface area (Å²) in [6.45, 7) is 3.29. The van der Waals surface area contributed by atoms with Gasteiger partial charge in [0.25, 0.3) is 5.69 Å². The topological polar surface area (TPSA) is 81.6 Å². The summed E-state index contributed by atoms with van der Waals surface area (Å²) < 4.78 is 5.27. The van der Waals surface area contributed by atoms with E-state index in [0.29, 0.717) is 24.8 Å². The lowest BCUT2D eigenvalue weighted by molar-refractivity contribution is -0.384. The first-order valence-electron chi connectivity index (χ1n) is 6.37. The Morgan fingerprint density at radius 2 is 2.30 bits per heavy atom. The number of nitro benzene ring substituents is 1. The van der Waals surface area contributed by atoms with Crippen LogP contribution in [0.25, 0.3) is 0 Å². The molecule has 1 aromatic carbocycles. The van der Waals surface area contributed by atoms with Gasteiger partial charge in [-0.15, -0.1) is 12.4 Å². The largest absolute Gasteiger partial charge is 0.496 e. The quantitative estimate of drug-likeness (QED) is 0.662. The summed E-state index contributed by atoms with van der Waals surface area (Å²) in [4.78, 5) is 12.7. The molecule has 1 aliphatic rings. The summed E-state index contributed by atoms with van der Waals surface area (Å²) in [7, 11) is 1.58. The van der Waals surface area contributed by atoms with Gasteiger partial charge in [0.1, 0.15) is 5.75 Å². The molecule has 1 aromatic rings. The zero-order chi connectivity index (χ0) is 13.8. The monoisotopic (exact) mass is 301 g/mol. The van der Waals surface area contributed by atoms with Crippen molar-refractivity contribution in [3.05, 3.63) is 33.9 Å². The van der Waals surface area contributed by atoms with E-state index < -0.39 is 0 Å². The number of nitrogens with two attached hydrogens (primary N) is 1. The third-order valence-electron chi connectivity index (χ3n) is 3.57. The summed E-state index contributed by atoms with van der Waals surface area (Å²) in [5.41, 5.74) is 6.63. The highest BCUT2D eigenvalue weighted by atomic mass is 35.5. The van der Waals surface area contributed by atoms with Crippen molar-refractivity contribution in [2.45, 2.75) is 13.0 Å². The minimum absolute atomic E-state index is 0. The van der Waals surface area contributed by atoms with Crippen LogP contribution in [0, 0.1) is 16.0 Å². The lowest BCUT2D eigenvalue weighted by Crippen LogP contribution is -2.23. The van der Waals surface area contributed by atoms with Gasteiger partial charge in [-0.05, 0) is 31.5 Å². The van der Waals surface area contributed by atoms with Gasteiger partial charge in [-0.2, -0.15) is 0 Å². The van der Waals surface area contributed by atoms with E-state index in [0.717, 1.165) is 25.1 Å². The van der Waals surface area contributed by atoms with Crippen LogP contribution in [0.15, 0.2) is 18.2 Å². The minimum atomic E-state index is -0.379. The molecule has 1 saturated heterocycles. The Kier molecular flexibility index (Phi) is 6.19. The second-order valence-corrected chi connectivity index (χ2v) is 4.88. The van der Waals surface area contributed by atoms with E-state index in [2.05, 4.69) is 4.90 Å². The summed E-state index contributed by atoms with van der Waals surface area (Å²) >= 11 is 0. The van der Waals surface area contributed by atoms with E-state index in [1.807, 2.05) is 0 Å². The summed E-state index contributed by atoms with van der Waals surface area (Å²) in [6.07, 6.45) is 1.09. The maximum Gasteiger partial charge on any atom is 0.270 e. The minimum Gasteiger partial charge on any atom is -0.496 e. The molecule has 1 fully saturated rings. The van der Waals surface area contributed by atoms with E-state index in [1.165, 1.54) is 6.07 Å². The van der Waals surface area contributed by atoms with Crippen LogP contribution in [0.5, 0.6) is 5.75 Å². The van der Waals surface area contributed by atoms with Crippen LogP contribution in [-0.2, 0) is 6.54 Å². The van der Waals surface area contributed by atoms with E-state index in [1.54, 1.807) is 19.2 Å². The standard InChI is InChI=1S/C13H19N3O3.ClH/c1-19-13-3-2-12(16(17)18)6-11(13)9-15-5-4-10(7-14)8-15;/h2-3,6,10H,4-5,7-9,14H2,1H3;1H. The Morgan fingerprint density at radius 1 is 1.55 bits per heavy atom. The molecule has 1 heterocycles. The fraction of sp³-hybridized carbons (Fsp3) is 0.538. The maximum atomic E-state index is 10.8. The predicted octanol–water partition coefficient (Wildman–Crippen LogP) is 1.81. The van der Waals surface area contributed by atoms with Crippen molar-refractivity contribution in [1.29, 1.82) is 0 Å². The van der Waals surface area contributed by atoms with Crippen molar-refractivity contribution in [3.8, 4) is 5.75 Å². The fourth-order valence-electron chi connectivity index (χ4n) is 2.49. The first-order valence-corrected chi connectivity index (χ1v) is 6.37. The average molecular weight is 302 g/mol. The number of nitrogens with zero attached hydrogens (tertiary/aromatic N) is 2. The van der Waals surface area contributed by atoms with Crippen molar-refractivity contribution in [2.75, 3.05) is 26.7 Å². The number of non-ortho nitro benzene ring substituents is 1. The second-order valence-electron chi connectivity index (χ2n) is 4.88. The Balaban J connectivity index is 0.00000200. The third kappa shape index (κ3) is 3.82. The summed E-state index contributed by atoms with van der Waals surface area (Å²) in [6, 6.07) is 4.72. The fourth-order valence-corrected chi connectivity index (χ4v) is 2.49. The molecule has 6 nitrogen and oxygen atoms in total. The zero-order valence-corrected chi connectivity index (χ0v) is 12.3. The van der Waals surface area contributed by atoms with Gasteiger partial charge in [0.05, 0.1) is 12.0 Å². The molecule has 112 valence electrons. The number of nitro groups is 1. The number of halogens is 1. The van der Waals surface area contributed by atoms with Crippen LogP contribution in [0.4, 0.5) is 5.69 Å². The number of ether oxygens (including phenoxy) is 1. The van der Waals surface area contributed by atoms with E-state index >= 15 is 0 Å². The number of hydrogen-bond donors (Lipinski definition) is 1. The van der Waals surface area contributed by atoms with E-state index in [-0.39, 0.29) is 23.0 Å². The zero-order valence-electron chi connectivity index (χ0n) is 11.4. The predicted molar refractivity (Wildman–Crippen MR) is 79.3 cm³/mol. The molecular formula is C13H20ClN3O3. The van der Waals surface area contributed by atoms with Crippen molar-refractivity contribution < 1.29 is 9.66 Å². The molecule has 0 amide bonds. The van der Waals surface area contributed by atoms with Gasteiger partial charge in [0, 0.05) is 30.8 Å². The number of hydrogen-bond acceptors (Lipinski definition) is 5. The van der Waals surface area contributed by atoms with Crippen LogP contribution in [-0.4, -0.2) is 36.6 Å². The molecule has 0 saturated carbocycles. The highest BCUT2D eigenvalue weighted by Crippen LogP contribution is 2.27. The average Bonchev–Trinajstić information content (AvgIpc) is 2.86. The molecule has 1 atom stereocenters. The molecule has 2 N–H and O–H groups in total. The molecule has 7 heteroatoms. The Bertz CT molecular complexity index is 470. The van der Waals surface area contributed by atoms with Crippen molar-refractivity contribution in [2.24, 2.45) is 11.7 Å². The van der Waals surface area contributed by atoms with Crippen LogP contribution in [0.1, 0.15) is 12.0 Å². The second kappa shape index (κ2) is 7.42. The molecular weight excluding hydrogens is 282 g/mol. The van der Waals surface area contributed by atoms with E-state index in [9.17, 15) is 10.1 Å². The Morgan fingerprint density at radius 3 is 2.85 bits per heavy atom. The molecule has 0 spiro atoms. The van der Waals surface area contributed by atoms with Gasteiger partial charge >= 0.3 is 0 Å². The number of rotatable bonds is 5. The number of methoxy groups -OCH3 is 1. The lowest BCUT2D eigenvalue weighted by Gasteiger charge is -2.17. The Hall–Kier alpha value is -1.37. The molecule has 0 aromatic heterocycles. The molecule has 2 rings (SSSR count). The van der Waals surface area contributed by atoms with Crippen LogP contribution in [0.2, 0.25) is 0 Å². The highest BCUT2D eigenvalue weighted by molar-refractivity contribution is 5.85. The number of benzene rings is 1. The van der Waals surface area contributed by atoms with Crippen LogP contribution >= 0.6 is 12.4 Å². The van der Waals surface area contributed by atoms with Crippen LogP contribution < -0.4 is 10.5 Å². The van der Waals surface area contributed by atoms with Gasteiger partial charge in [-0.3, -0.25) is 15.0 Å². The molecule has 20 heavy (non-hydrogen) atoms. The van der Waals surface area contributed by atoms with Gasteiger partial charge in [0.15, 0.2) is 0 Å². The molecule has 1 unspecified atom stereocenters. The summed E-state index contributed by atoms with van der Waals surface area (Å²) in [5, 5.41) is 10.8. The molecule has 0 radical (unpaired) electrons. The Labute approximate surface area is 124 Å². The van der Waals surface area contributed by atoms with Gasteiger partial charge in [-0.25, -0.2) is 0 Å². The lowest BCUT2D eigenvalue weighted by atomic mass is 10.1. The van der Waals surface area contributed by atoms with Gasteiger partial charge in [0.2, 0.25) is 0 Å². The highest BCUT2D eigenvalue weighted by Gasteiger charge is 2.22. The SMILES string of the molecule is COc1ccc([N+](=O)[O-])cc1CN1CCC(CN)C1.Cl. The normalized spacial score (nSPS) is 18.6. The van der Waals surface area contributed by atoms with Crippen molar-refractivity contribution in [3.63, 3.8) is 0 Å². The molecule has 0 aliphatic carbocycles. The maximum absolute atomic E-state index is 10.8. The van der Waals surface area contributed by atoms with Crippen molar-refractivity contribution >= 4 is 18.1 Å². The van der Waals surface area contributed by atoms with Gasteiger partial charge in [-0.1, -0.05) is 0 Å². The molecule has 1 aliphatic heterocycles. The molecule has 0 bridgehead atoms. The number of likely N-dealkylation sites (tertiary alicyclic amines) is 1. The van der Waals surface area contributed by atoms with E-state index in [4.69, 9.17) is 10.5 Å². The van der Waals surface area contributed by atoms with Crippen molar-refractivity contribution in [1.82, 2.24) is 4.90 Å². The van der Waals surface area contributed by atoms with Gasteiger partial charge < -0.3 is 10.5 Å². The smallest absolute Gasteiger partial charge is 0.270 e. The third-order valence-corrected chi connectivity index (χ3v) is 3.57. The summed E-state index contributed by atoms with van der Waals surface area (Å²) in [5.74, 6) is 1.23. The first kappa shape index (κ1) is 16.7. The first-order chi connectivity index (χ1) is 9.13. The van der Waals surface area contributed by atoms with Crippen LogP contribution in [0.3, 0.4) is 0 Å².